The van der Waals surface area contributed by atoms with Gasteiger partial charge in [0, 0.05) is 54.4 Å². The van der Waals surface area contributed by atoms with Gasteiger partial charge in [-0.05, 0) is 55.5 Å². The Morgan fingerprint density at radius 3 is 2.32 bits per heavy atom. The van der Waals surface area contributed by atoms with Crippen molar-refractivity contribution in [2.45, 2.75) is 19.8 Å². The molecule has 0 bridgehead atoms. The van der Waals surface area contributed by atoms with Crippen molar-refractivity contribution in [3.63, 3.8) is 0 Å². The number of Topliss-reactive ketones (excluding diaryl/α,β-unsaturated/α-hetero) is 1. The van der Waals surface area contributed by atoms with Crippen molar-refractivity contribution in [3.05, 3.63) is 76.8 Å². The second-order valence-electron chi connectivity index (χ2n) is 8.21. The summed E-state index contributed by atoms with van der Waals surface area (Å²) in [6, 6.07) is 13.7. The van der Waals surface area contributed by atoms with Crippen LogP contribution in [0, 0.1) is 0 Å². The molecular formula is C26H21N3O5. The van der Waals surface area contributed by atoms with Crippen LogP contribution in [0.1, 0.15) is 30.1 Å². The number of anilines is 1. The summed E-state index contributed by atoms with van der Waals surface area (Å²) >= 11 is 0. The lowest BCUT2D eigenvalue weighted by atomic mass is 10.0. The van der Waals surface area contributed by atoms with Crippen molar-refractivity contribution in [1.82, 2.24) is 9.55 Å². The van der Waals surface area contributed by atoms with Crippen molar-refractivity contribution in [2.24, 2.45) is 7.05 Å². The highest BCUT2D eigenvalue weighted by Crippen LogP contribution is 2.39. The average Bonchev–Trinajstić information content (AvgIpc) is 3.44. The standard InChI is InChI=1S/C26H21N3O5/c1-15(30)16-3-6-18(7-4-16)34-22-8-5-17(29-23(31)9-10-24(29)32)13-20(22)21-14-28(2)26(33)25-19(21)11-12-27-25/h3-8,11-14,27H,9-10H2,1-2H3. The maximum absolute atomic E-state index is 12.6. The molecule has 8 nitrogen and oxygen atoms in total. The number of aromatic amines is 1. The average molecular weight is 455 g/mol. The van der Waals surface area contributed by atoms with E-state index in [-0.39, 0.29) is 36.0 Å². The maximum atomic E-state index is 12.6. The topological polar surface area (TPSA) is 101 Å². The van der Waals surface area contributed by atoms with Crippen LogP contribution in [0.5, 0.6) is 11.5 Å². The van der Waals surface area contributed by atoms with Crippen LogP contribution in [0.4, 0.5) is 5.69 Å². The monoisotopic (exact) mass is 455 g/mol. The Bertz CT molecular complexity index is 1510. The Morgan fingerprint density at radius 2 is 1.65 bits per heavy atom. The van der Waals surface area contributed by atoms with Gasteiger partial charge in [0.25, 0.3) is 5.56 Å². The van der Waals surface area contributed by atoms with E-state index in [2.05, 4.69) is 4.98 Å². The zero-order valence-electron chi connectivity index (χ0n) is 18.6. The van der Waals surface area contributed by atoms with Gasteiger partial charge >= 0.3 is 0 Å². The molecule has 1 fully saturated rings. The van der Waals surface area contributed by atoms with Crippen LogP contribution in [0.25, 0.3) is 22.0 Å². The van der Waals surface area contributed by atoms with E-state index in [1.54, 1.807) is 68.0 Å². The molecule has 0 spiro atoms. The van der Waals surface area contributed by atoms with Crippen LogP contribution < -0.4 is 15.2 Å². The number of carbonyl (C=O) groups is 3. The van der Waals surface area contributed by atoms with Gasteiger partial charge in [-0.1, -0.05) is 0 Å². The van der Waals surface area contributed by atoms with Gasteiger partial charge in [-0.25, -0.2) is 0 Å². The third-order valence-corrected chi connectivity index (χ3v) is 5.95. The molecule has 8 heteroatoms. The van der Waals surface area contributed by atoms with E-state index < -0.39 is 0 Å². The quantitative estimate of drug-likeness (QED) is 0.359. The number of amides is 2. The van der Waals surface area contributed by atoms with Crippen molar-refractivity contribution >= 4 is 34.2 Å². The van der Waals surface area contributed by atoms with Gasteiger partial charge in [-0.3, -0.25) is 24.1 Å². The summed E-state index contributed by atoms with van der Waals surface area (Å²) in [5.74, 6) is 0.437. The fourth-order valence-electron chi connectivity index (χ4n) is 4.19. The van der Waals surface area contributed by atoms with Gasteiger partial charge in [0.05, 0.1) is 5.69 Å². The molecule has 2 amide bonds. The molecular weight excluding hydrogens is 434 g/mol. The number of carbonyl (C=O) groups excluding carboxylic acids is 3. The predicted octanol–water partition coefficient (Wildman–Crippen LogP) is 4.18. The molecule has 1 aliphatic rings. The van der Waals surface area contributed by atoms with Crippen LogP contribution in [0.2, 0.25) is 0 Å². The van der Waals surface area contributed by atoms with E-state index in [0.29, 0.717) is 44.8 Å². The van der Waals surface area contributed by atoms with Gasteiger partial charge in [0.1, 0.15) is 17.0 Å². The largest absolute Gasteiger partial charge is 0.457 e. The number of nitrogens with one attached hydrogen (secondary N) is 1. The van der Waals surface area contributed by atoms with Crippen LogP contribution >= 0.6 is 0 Å². The summed E-state index contributed by atoms with van der Waals surface area (Å²) < 4.78 is 7.64. The van der Waals surface area contributed by atoms with E-state index in [9.17, 15) is 19.2 Å². The number of hydrogen-bond acceptors (Lipinski definition) is 5. The molecule has 170 valence electrons. The van der Waals surface area contributed by atoms with E-state index in [1.807, 2.05) is 0 Å². The van der Waals surface area contributed by atoms with Gasteiger partial charge in [-0.15, -0.1) is 0 Å². The van der Waals surface area contributed by atoms with Crippen LogP contribution in [-0.4, -0.2) is 27.1 Å². The molecule has 5 rings (SSSR count). The molecule has 0 aliphatic carbocycles. The summed E-state index contributed by atoms with van der Waals surface area (Å²) in [5.41, 5.74) is 2.60. The van der Waals surface area contributed by atoms with E-state index in [4.69, 9.17) is 4.74 Å². The number of rotatable bonds is 5. The minimum Gasteiger partial charge on any atom is -0.457 e. The van der Waals surface area contributed by atoms with Crippen LogP contribution in [0.15, 0.2) is 65.7 Å². The number of benzene rings is 2. The number of ether oxygens (including phenoxy) is 1. The first-order valence-corrected chi connectivity index (χ1v) is 10.8. The highest BCUT2D eigenvalue weighted by atomic mass is 16.5. The molecule has 1 N–H and O–H groups in total. The van der Waals surface area contributed by atoms with Gasteiger partial charge in [-0.2, -0.15) is 0 Å². The van der Waals surface area contributed by atoms with Crippen LogP contribution in [0.3, 0.4) is 0 Å². The third kappa shape index (κ3) is 3.59. The summed E-state index contributed by atoms with van der Waals surface area (Å²) in [4.78, 5) is 53.1. The SMILES string of the molecule is CC(=O)c1ccc(Oc2ccc(N3C(=O)CCC3=O)cc2-c2cn(C)c(=O)c3[nH]ccc23)cc1. The molecule has 1 saturated heterocycles. The van der Waals surface area contributed by atoms with Crippen molar-refractivity contribution in [3.8, 4) is 22.6 Å². The van der Waals surface area contributed by atoms with Gasteiger partial charge in [0.2, 0.25) is 11.8 Å². The number of nitrogens with zero attached hydrogens (tertiary/aromatic N) is 2. The number of H-pyrrole nitrogens is 1. The Labute approximate surface area is 194 Å². The van der Waals surface area contributed by atoms with Gasteiger partial charge < -0.3 is 14.3 Å². The number of imide groups is 1. The second-order valence-corrected chi connectivity index (χ2v) is 8.21. The first-order chi connectivity index (χ1) is 16.3. The zero-order valence-corrected chi connectivity index (χ0v) is 18.6. The van der Waals surface area contributed by atoms with Crippen molar-refractivity contribution < 1.29 is 19.1 Å². The number of ketones is 1. The summed E-state index contributed by atoms with van der Waals surface area (Å²) in [7, 11) is 1.66. The summed E-state index contributed by atoms with van der Waals surface area (Å²) in [6.07, 6.45) is 3.75. The number of hydrogen-bond donors (Lipinski definition) is 1. The lowest BCUT2D eigenvalue weighted by Crippen LogP contribution is -2.28. The second kappa shape index (κ2) is 8.15. The normalized spacial score (nSPS) is 13.6. The molecule has 2 aromatic carbocycles. The minimum atomic E-state index is -0.253. The first kappa shape index (κ1) is 21.4. The Morgan fingerprint density at radius 1 is 0.941 bits per heavy atom. The molecule has 0 unspecified atom stereocenters. The molecule has 2 aromatic heterocycles. The smallest absolute Gasteiger partial charge is 0.274 e. The first-order valence-electron chi connectivity index (χ1n) is 10.8. The lowest BCUT2D eigenvalue weighted by molar-refractivity contribution is -0.121. The number of aryl methyl sites for hydroxylation is 1. The predicted molar refractivity (Wildman–Crippen MR) is 127 cm³/mol. The summed E-state index contributed by atoms with van der Waals surface area (Å²) in [5, 5.41) is 0.691. The molecule has 0 radical (unpaired) electrons. The molecule has 0 atom stereocenters. The Balaban J connectivity index is 1.68. The van der Waals surface area contributed by atoms with Crippen molar-refractivity contribution in [1.29, 1.82) is 0 Å². The molecule has 34 heavy (non-hydrogen) atoms. The maximum Gasteiger partial charge on any atom is 0.274 e. The van der Waals surface area contributed by atoms with Crippen LogP contribution in [-0.2, 0) is 16.6 Å². The number of pyridine rings is 1. The van der Waals surface area contributed by atoms with Crippen molar-refractivity contribution in [2.75, 3.05) is 4.90 Å². The zero-order chi connectivity index (χ0) is 24.0. The molecule has 1 aliphatic heterocycles. The Kier molecular flexibility index (Phi) is 5.13. The number of fused-ring (bicyclic) bond motifs is 1. The number of aromatic nitrogens is 2. The molecule has 3 heterocycles. The third-order valence-electron chi connectivity index (χ3n) is 5.95. The Hall–Kier alpha value is -4.46. The fourth-order valence-corrected chi connectivity index (χ4v) is 4.19. The van der Waals surface area contributed by atoms with E-state index in [0.717, 1.165) is 0 Å². The lowest BCUT2D eigenvalue weighted by Gasteiger charge is -2.19. The minimum absolute atomic E-state index is 0.0448. The molecule has 4 aromatic rings. The highest BCUT2D eigenvalue weighted by Gasteiger charge is 2.31. The summed E-state index contributed by atoms with van der Waals surface area (Å²) in [6.45, 7) is 1.50. The van der Waals surface area contributed by atoms with E-state index >= 15 is 0 Å². The highest BCUT2D eigenvalue weighted by molar-refractivity contribution is 6.20. The van der Waals surface area contributed by atoms with E-state index in [1.165, 1.54) is 16.4 Å². The fraction of sp³-hybridized carbons (Fsp3) is 0.154. The molecule has 0 saturated carbocycles. The van der Waals surface area contributed by atoms with Gasteiger partial charge in [0.15, 0.2) is 5.78 Å².